The van der Waals surface area contributed by atoms with Crippen LogP contribution in [0.5, 0.6) is 0 Å². The van der Waals surface area contributed by atoms with E-state index in [1.165, 1.54) is 17.7 Å². The second kappa shape index (κ2) is 4.69. The molecule has 0 N–H and O–H groups in total. The standard InChI is InChI=1S/C10H9F3N2O2S/c1-6-4-18-8-7(6)14-5-15(9(8)16)2-3-17-10(11,12)13/h4-5H,2-3H2,1H3. The monoisotopic (exact) mass is 278 g/mol. The molecule has 0 aromatic carbocycles. The zero-order valence-corrected chi connectivity index (χ0v) is 10.1. The Morgan fingerprint density at radius 1 is 1.50 bits per heavy atom. The maximum atomic E-state index is 11.9. The van der Waals surface area contributed by atoms with Gasteiger partial charge in [0.1, 0.15) is 4.70 Å². The number of thiophene rings is 1. The number of hydrogen-bond acceptors (Lipinski definition) is 4. The van der Waals surface area contributed by atoms with Crippen LogP contribution >= 0.6 is 11.3 Å². The third-order valence-corrected chi connectivity index (χ3v) is 3.40. The predicted octanol–water partition coefficient (Wildman–Crippen LogP) is 2.30. The molecule has 2 heterocycles. The Morgan fingerprint density at radius 3 is 2.89 bits per heavy atom. The van der Waals surface area contributed by atoms with Crippen LogP contribution < -0.4 is 5.56 Å². The van der Waals surface area contributed by atoms with E-state index in [1.54, 1.807) is 5.38 Å². The largest absolute Gasteiger partial charge is 0.522 e. The molecule has 0 radical (unpaired) electrons. The van der Waals surface area contributed by atoms with E-state index in [2.05, 4.69) is 9.72 Å². The van der Waals surface area contributed by atoms with Crippen molar-refractivity contribution in [3.8, 4) is 0 Å². The maximum absolute atomic E-state index is 11.9. The summed E-state index contributed by atoms with van der Waals surface area (Å²) in [6, 6.07) is 0. The molecule has 0 fully saturated rings. The zero-order chi connectivity index (χ0) is 13.3. The third kappa shape index (κ3) is 2.70. The molecule has 0 aliphatic heterocycles. The Hall–Kier alpha value is -1.41. The zero-order valence-electron chi connectivity index (χ0n) is 9.32. The highest BCUT2D eigenvalue weighted by atomic mass is 32.1. The van der Waals surface area contributed by atoms with Gasteiger partial charge in [-0.25, -0.2) is 4.98 Å². The maximum Gasteiger partial charge on any atom is 0.522 e. The van der Waals surface area contributed by atoms with Crippen LogP contribution in [0, 0.1) is 6.92 Å². The summed E-state index contributed by atoms with van der Waals surface area (Å²) in [7, 11) is 0. The van der Waals surface area contributed by atoms with Gasteiger partial charge >= 0.3 is 6.36 Å². The van der Waals surface area contributed by atoms with Gasteiger partial charge in [0, 0.05) is 0 Å². The molecule has 2 aromatic rings. The number of fused-ring (bicyclic) bond motifs is 1. The summed E-state index contributed by atoms with van der Waals surface area (Å²) in [5.41, 5.74) is 1.13. The minimum atomic E-state index is -4.68. The first-order chi connectivity index (χ1) is 8.38. The molecule has 98 valence electrons. The van der Waals surface area contributed by atoms with Gasteiger partial charge in [0.05, 0.1) is 25.0 Å². The number of halogens is 3. The first-order valence-electron chi connectivity index (χ1n) is 5.02. The fourth-order valence-corrected chi connectivity index (χ4v) is 2.43. The molecular formula is C10H9F3N2O2S. The van der Waals surface area contributed by atoms with Gasteiger partial charge in [-0.15, -0.1) is 24.5 Å². The number of ether oxygens (including phenoxy) is 1. The van der Waals surface area contributed by atoms with Crippen LogP contribution in [0.4, 0.5) is 13.2 Å². The summed E-state index contributed by atoms with van der Waals surface area (Å²) in [6.07, 6.45) is -3.44. The highest BCUT2D eigenvalue weighted by Gasteiger charge is 2.28. The molecule has 0 aliphatic rings. The Labute approximate surface area is 104 Å². The number of aryl methyl sites for hydroxylation is 1. The fourth-order valence-electron chi connectivity index (χ4n) is 1.48. The molecule has 18 heavy (non-hydrogen) atoms. The van der Waals surface area contributed by atoms with Crippen molar-refractivity contribution in [1.29, 1.82) is 0 Å². The summed E-state index contributed by atoms with van der Waals surface area (Å²) in [4.78, 5) is 15.9. The summed E-state index contributed by atoms with van der Waals surface area (Å²) in [5.74, 6) is 0. The van der Waals surface area contributed by atoms with Gasteiger partial charge in [-0.3, -0.25) is 14.1 Å². The number of aromatic nitrogens is 2. The number of hydrogen-bond donors (Lipinski definition) is 0. The normalized spacial score (nSPS) is 12.2. The lowest BCUT2D eigenvalue weighted by atomic mass is 10.3. The van der Waals surface area contributed by atoms with E-state index >= 15 is 0 Å². The average Bonchev–Trinajstić information content (AvgIpc) is 2.63. The molecule has 0 saturated heterocycles. The van der Waals surface area contributed by atoms with E-state index in [1.807, 2.05) is 6.92 Å². The molecule has 4 nitrogen and oxygen atoms in total. The molecular weight excluding hydrogens is 269 g/mol. The summed E-state index contributed by atoms with van der Waals surface area (Å²) >= 11 is 1.23. The molecule has 0 amide bonds. The molecule has 0 saturated carbocycles. The Bertz CT molecular complexity index is 618. The third-order valence-electron chi connectivity index (χ3n) is 2.32. The molecule has 8 heteroatoms. The smallest absolute Gasteiger partial charge is 0.296 e. The minimum Gasteiger partial charge on any atom is -0.296 e. The second-order valence-corrected chi connectivity index (χ2v) is 4.51. The lowest BCUT2D eigenvalue weighted by Gasteiger charge is -2.08. The van der Waals surface area contributed by atoms with Gasteiger partial charge in [-0.05, 0) is 17.9 Å². The van der Waals surface area contributed by atoms with Crippen LogP contribution in [0.2, 0.25) is 0 Å². The van der Waals surface area contributed by atoms with E-state index in [9.17, 15) is 18.0 Å². The SMILES string of the molecule is Cc1csc2c(=O)n(CCOC(F)(F)F)cnc12. The van der Waals surface area contributed by atoms with Crippen molar-refractivity contribution in [3.05, 3.63) is 27.6 Å². The van der Waals surface area contributed by atoms with Crippen molar-refractivity contribution in [2.75, 3.05) is 6.61 Å². The number of nitrogens with zero attached hydrogens (tertiary/aromatic N) is 2. The van der Waals surface area contributed by atoms with E-state index in [-0.39, 0.29) is 12.1 Å². The molecule has 0 atom stereocenters. The van der Waals surface area contributed by atoms with Crippen molar-refractivity contribution in [2.24, 2.45) is 0 Å². The van der Waals surface area contributed by atoms with E-state index in [0.717, 1.165) is 10.1 Å². The molecule has 0 unspecified atom stereocenters. The van der Waals surface area contributed by atoms with E-state index < -0.39 is 13.0 Å². The predicted molar refractivity (Wildman–Crippen MR) is 60.6 cm³/mol. The van der Waals surface area contributed by atoms with Crippen LogP contribution in [-0.2, 0) is 11.3 Å². The Morgan fingerprint density at radius 2 is 2.22 bits per heavy atom. The quantitative estimate of drug-likeness (QED) is 0.865. The van der Waals surface area contributed by atoms with Crippen molar-refractivity contribution >= 4 is 21.6 Å². The Kier molecular flexibility index (Phi) is 3.40. The van der Waals surface area contributed by atoms with Crippen LogP contribution in [0.25, 0.3) is 10.2 Å². The van der Waals surface area contributed by atoms with Crippen LogP contribution in [0.15, 0.2) is 16.5 Å². The molecule has 2 rings (SSSR count). The van der Waals surface area contributed by atoms with Crippen LogP contribution in [-0.4, -0.2) is 22.5 Å². The Balaban J connectivity index is 2.20. The number of alkyl halides is 3. The van der Waals surface area contributed by atoms with Crippen molar-refractivity contribution in [2.45, 2.75) is 19.8 Å². The first-order valence-corrected chi connectivity index (χ1v) is 5.90. The fraction of sp³-hybridized carbons (Fsp3) is 0.400. The number of rotatable bonds is 3. The van der Waals surface area contributed by atoms with Gasteiger partial charge in [0.15, 0.2) is 0 Å². The lowest BCUT2D eigenvalue weighted by Crippen LogP contribution is -2.24. The summed E-state index contributed by atoms with van der Waals surface area (Å²) < 4.78 is 40.6. The second-order valence-electron chi connectivity index (χ2n) is 3.63. The minimum absolute atomic E-state index is 0.182. The highest BCUT2D eigenvalue weighted by molar-refractivity contribution is 7.17. The van der Waals surface area contributed by atoms with Crippen LogP contribution in [0.3, 0.4) is 0 Å². The van der Waals surface area contributed by atoms with Gasteiger partial charge in [-0.2, -0.15) is 0 Å². The van der Waals surface area contributed by atoms with Gasteiger partial charge < -0.3 is 0 Å². The van der Waals surface area contributed by atoms with Crippen molar-refractivity contribution in [3.63, 3.8) is 0 Å². The molecule has 0 spiro atoms. The van der Waals surface area contributed by atoms with Crippen molar-refractivity contribution in [1.82, 2.24) is 9.55 Å². The van der Waals surface area contributed by atoms with Gasteiger partial charge in [0.2, 0.25) is 0 Å². The average molecular weight is 278 g/mol. The van der Waals surface area contributed by atoms with Gasteiger partial charge in [-0.1, -0.05) is 0 Å². The summed E-state index contributed by atoms with van der Waals surface area (Å²) in [6.45, 7) is 1.03. The topological polar surface area (TPSA) is 44.1 Å². The first kappa shape index (κ1) is 13.0. The molecule has 0 aliphatic carbocycles. The van der Waals surface area contributed by atoms with Crippen molar-refractivity contribution < 1.29 is 17.9 Å². The molecule has 2 aromatic heterocycles. The lowest BCUT2D eigenvalue weighted by molar-refractivity contribution is -0.325. The summed E-state index contributed by atoms with van der Waals surface area (Å²) in [5, 5.41) is 1.79. The highest BCUT2D eigenvalue weighted by Crippen LogP contribution is 2.19. The van der Waals surface area contributed by atoms with Gasteiger partial charge in [0.25, 0.3) is 5.56 Å². The van der Waals surface area contributed by atoms with E-state index in [4.69, 9.17) is 0 Å². The van der Waals surface area contributed by atoms with E-state index in [0.29, 0.717) is 10.2 Å². The molecule has 0 bridgehead atoms. The van der Waals surface area contributed by atoms with Crippen LogP contribution in [0.1, 0.15) is 5.56 Å².